The van der Waals surface area contributed by atoms with Crippen LogP contribution in [0.15, 0.2) is 24.3 Å². The molecule has 0 bridgehead atoms. The summed E-state index contributed by atoms with van der Waals surface area (Å²) in [5, 5.41) is 3.80. The van der Waals surface area contributed by atoms with Gasteiger partial charge < -0.3 is 14.8 Å². The van der Waals surface area contributed by atoms with Gasteiger partial charge >= 0.3 is 5.97 Å². The van der Waals surface area contributed by atoms with Crippen molar-refractivity contribution in [2.24, 2.45) is 0 Å². The Morgan fingerprint density at radius 1 is 1.50 bits per heavy atom. The second kappa shape index (κ2) is 6.39. The van der Waals surface area contributed by atoms with E-state index in [1.54, 1.807) is 18.9 Å². The molecule has 20 heavy (non-hydrogen) atoms. The highest BCUT2D eigenvalue weighted by Gasteiger charge is 2.46. The molecule has 0 saturated carbocycles. The van der Waals surface area contributed by atoms with Gasteiger partial charge in [-0.1, -0.05) is 19.1 Å². The van der Waals surface area contributed by atoms with Gasteiger partial charge in [-0.05, 0) is 25.5 Å². The number of para-hydroxylation sites is 2. The highest BCUT2D eigenvalue weighted by molar-refractivity contribution is 8.00. The zero-order valence-electron chi connectivity index (χ0n) is 12.1. The quantitative estimate of drug-likeness (QED) is 0.846. The van der Waals surface area contributed by atoms with Gasteiger partial charge in [0.1, 0.15) is 11.3 Å². The molecule has 0 spiro atoms. The van der Waals surface area contributed by atoms with Crippen LogP contribution in [-0.4, -0.2) is 36.2 Å². The number of ether oxygens (including phenoxy) is 2. The minimum atomic E-state index is -0.658. The van der Waals surface area contributed by atoms with Crippen LogP contribution >= 0.6 is 11.8 Å². The Hall–Kier alpha value is -1.36. The molecule has 1 aromatic carbocycles. The lowest BCUT2D eigenvalue weighted by atomic mass is 9.95. The number of benzene rings is 1. The number of hydrogen-bond donors (Lipinski definition) is 1. The number of anilines is 1. The Morgan fingerprint density at radius 2 is 2.25 bits per heavy atom. The second-order valence-corrected chi connectivity index (χ2v) is 6.38. The van der Waals surface area contributed by atoms with Crippen LogP contribution in [0, 0.1) is 0 Å². The molecule has 1 saturated heterocycles. The topological polar surface area (TPSA) is 47.6 Å². The molecule has 2 unspecified atom stereocenters. The first-order valence-electron chi connectivity index (χ1n) is 6.81. The highest BCUT2D eigenvalue weighted by Crippen LogP contribution is 2.39. The lowest BCUT2D eigenvalue weighted by Crippen LogP contribution is -2.48. The van der Waals surface area contributed by atoms with E-state index >= 15 is 0 Å². The van der Waals surface area contributed by atoms with E-state index in [2.05, 4.69) is 12.2 Å². The molecule has 110 valence electrons. The first-order chi connectivity index (χ1) is 9.61. The number of carbonyl (C=O) groups is 1. The van der Waals surface area contributed by atoms with Gasteiger partial charge in [0.05, 0.1) is 19.4 Å². The van der Waals surface area contributed by atoms with Crippen LogP contribution in [0.4, 0.5) is 5.69 Å². The molecule has 0 radical (unpaired) electrons. The zero-order chi connectivity index (χ0) is 14.6. The van der Waals surface area contributed by atoms with E-state index < -0.39 is 5.54 Å². The SMILES string of the molecule is CCOC(=O)C1(Nc2ccccc2OC)CSC(C)C1. The fraction of sp³-hybridized carbons (Fsp3) is 0.533. The van der Waals surface area contributed by atoms with Crippen molar-refractivity contribution in [2.75, 3.05) is 24.8 Å². The maximum Gasteiger partial charge on any atom is 0.332 e. The molecule has 2 rings (SSSR count). The van der Waals surface area contributed by atoms with Crippen molar-refractivity contribution in [1.29, 1.82) is 0 Å². The van der Waals surface area contributed by atoms with E-state index in [0.717, 1.165) is 17.9 Å². The Labute approximate surface area is 124 Å². The van der Waals surface area contributed by atoms with E-state index in [-0.39, 0.29) is 5.97 Å². The average molecular weight is 295 g/mol. The first-order valence-corrected chi connectivity index (χ1v) is 7.86. The lowest BCUT2D eigenvalue weighted by molar-refractivity contribution is -0.147. The molecule has 1 aliphatic heterocycles. The predicted octanol–water partition coefficient (Wildman–Crippen LogP) is 2.93. The molecule has 5 heteroatoms. The smallest absolute Gasteiger partial charge is 0.332 e. The third-order valence-electron chi connectivity index (χ3n) is 3.40. The van der Waals surface area contributed by atoms with Gasteiger partial charge in [-0.2, -0.15) is 11.8 Å². The van der Waals surface area contributed by atoms with Crippen LogP contribution in [0.3, 0.4) is 0 Å². The maximum atomic E-state index is 12.4. The van der Waals surface area contributed by atoms with Crippen molar-refractivity contribution in [3.05, 3.63) is 24.3 Å². The fourth-order valence-electron chi connectivity index (χ4n) is 2.45. The van der Waals surface area contributed by atoms with Gasteiger partial charge in [-0.15, -0.1) is 0 Å². The summed E-state index contributed by atoms with van der Waals surface area (Å²) in [4.78, 5) is 12.4. The summed E-state index contributed by atoms with van der Waals surface area (Å²) in [5.41, 5.74) is 0.173. The van der Waals surface area contributed by atoms with Crippen LogP contribution in [0.1, 0.15) is 20.3 Å². The summed E-state index contributed by atoms with van der Waals surface area (Å²) in [6, 6.07) is 7.64. The second-order valence-electron chi connectivity index (χ2n) is 4.95. The minimum Gasteiger partial charge on any atom is -0.495 e. The Kier molecular flexibility index (Phi) is 4.81. The summed E-state index contributed by atoms with van der Waals surface area (Å²) in [7, 11) is 1.63. The van der Waals surface area contributed by atoms with Crippen molar-refractivity contribution >= 4 is 23.4 Å². The largest absolute Gasteiger partial charge is 0.495 e. The Morgan fingerprint density at radius 3 is 2.85 bits per heavy atom. The number of esters is 1. The number of carbonyl (C=O) groups excluding carboxylic acids is 1. The lowest BCUT2D eigenvalue weighted by Gasteiger charge is -2.29. The normalized spacial score (nSPS) is 25.2. The summed E-state index contributed by atoms with van der Waals surface area (Å²) >= 11 is 1.79. The van der Waals surface area contributed by atoms with Crippen LogP contribution in [0.5, 0.6) is 5.75 Å². The minimum absolute atomic E-state index is 0.178. The van der Waals surface area contributed by atoms with Gasteiger partial charge in [0, 0.05) is 11.0 Å². The van der Waals surface area contributed by atoms with Crippen molar-refractivity contribution in [2.45, 2.75) is 31.1 Å². The summed E-state index contributed by atoms with van der Waals surface area (Å²) in [5.74, 6) is 1.27. The number of rotatable bonds is 5. The molecule has 1 heterocycles. The fourth-order valence-corrected chi connectivity index (χ4v) is 3.73. The molecule has 0 amide bonds. The molecule has 1 fully saturated rings. The molecule has 0 aliphatic carbocycles. The van der Waals surface area contributed by atoms with Crippen molar-refractivity contribution in [3.8, 4) is 5.75 Å². The molecule has 1 aromatic rings. The number of hydrogen-bond acceptors (Lipinski definition) is 5. The van der Waals surface area contributed by atoms with Crippen LogP contribution < -0.4 is 10.1 Å². The van der Waals surface area contributed by atoms with Crippen molar-refractivity contribution < 1.29 is 14.3 Å². The van der Waals surface area contributed by atoms with E-state index in [9.17, 15) is 4.79 Å². The van der Waals surface area contributed by atoms with Gasteiger partial charge in [0.25, 0.3) is 0 Å². The summed E-state index contributed by atoms with van der Waals surface area (Å²) in [6.45, 7) is 4.36. The van der Waals surface area contributed by atoms with Crippen LogP contribution in [-0.2, 0) is 9.53 Å². The van der Waals surface area contributed by atoms with Gasteiger partial charge in [-0.3, -0.25) is 0 Å². The molecule has 4 nitrogen and oxygen atoms in total. The molecule has 1 N–H and O–H groups in total. The molecular weight excluding hydrogens is 274 g/mol. The number of methoxy groups -OCH3 is 1. The highest BCUT2D eigenvalue weighted by atomic mass is 32.2. The third kappa shape index (κ3) is 3.03. The average Bonchev–Trinajstić information content (AvgIpc) is 2.82. The monoisotopic (exact) mass is 295 g/mol. The van der Waals surface area contributed by atoms with Gasteiger partial charge in [0.2, 0.25) is 0 Å². The van der Waals surface area contributed by atoms with Crippen LogP contribution in [0.2, 0.25) is 0 Å². The van der Waals surface area contributed by atoms with Crippen molar-refractivity contribution in [3.63, 3.8) is 0 Å². The van der Waals surface area contributed by atoms with E-state index in [1.165, 1.54) is 0 Å². The predicted molar refractivity (Wildman–Crippen MR) is 82.5 cm³/mol. The maximum absolute atomic E-state index is 12.4. The van der Waals surface area contributed by atoms with E-state index in [4.69, 9.17) is 9.47 Å². The first kappa shape index (κ1) is 15.0. The summed E-state index contributed by atoms with van der Waals surface area (Å²) in [6.07, 6.45) is 0.758. The standard InChI is InChI=1S/C15H21NO3S/c1-4-19-14(17)15(9-11(2)20-10-15)16-12-7-5-6-8-13(12)18-3/h5-8,11,16H,4,9-10H2,1-3H3. The Bertz CT molecular complexity index is 480. The van der Waals surface area contributed by atoms with E-state index in [0.29, 0.717) is 17.6 Å². The van der Waals surface area contributed by atoms with Gasteiger partial charge in [-0.25, -0.2) is 4.79 Å². The third-order valence-corrected chi connectivity index (χ3v) is 4.79. The number of nitrogens with one attached hydrogen (secondary N) is 1. The van der Waals surface area contributed by atoms with Gasteiger partial charge in [0.15, 0.2) is 0 Å². The summed E-state index contributed by atoms with van der Waals surface area (Å²) < 4.78 is 10.6. The van der Waals surface area contributed by atoms with E-state index in [1.807, 2.05) is 31.2 Å². The molecular formula is C15H21NO3S. The Balaban J connectivity index is 2.26. The van der Waals surface area contributed by atoms with Crippen molar-refractivity contribution in [1.82, 2.24) is 0 Å². The number of thioether (sulfide) groups is 1. The van der Waals surface area contributed by atoms with Crippen LogP contribution in [0.25, 0.3) is 0 Å². The molecule has 2 atom stereocenters. The molecule has 1 aliphatic rings. The zero-order valence-corrected chi connectivity index (χ0v) is 13.0. The molecule has 0 aromatic heterocycles.